The van der Waals surface area contributed by atoms with Crippen LogP contribution in [0.4, 0.5) is 33.9 Å². The van der Waals surface area contributed by atoms with Crippen LogP contribution in [-0.4, -0.2) is 135 Å². The van der Waals surface area contributed by atoms with Crippen molar-refractivity contribution in [2.45, 2.75) is 110 Å². The molecule has 0 aromatic carbocycles. The molecule has 0 radical (unpaired) electrons. The maximum absolute atomic E-state index is 12.4. The summed E-state index contributed by atoms with van der Waals surface area (Å²) < 4.78 is 10.2. The number of pyridine rings is 4. The smallest absolute Gasteiger partial charge is 0.410 e. The van der Waals surface area contributed by atoms with Gasteiger partial charge in [-0.2, -0.15) is 9.97 Å². The van der Waals surface area contributed by atoms with E-state index in [9.17, 15) is 9.82 Å². The standard InChI is InChI=1S/C29H36N8O2.C15H17N5.C10H15BClN3O/c1-19-25-22(11-12-30-19)23-18-32-27(34-26(23)37(25)20-7-5-6-8-20)33-24-10-9-21(17-31-24)35-13-15-36(16-14-35)28(38)39-29(2,3)4;1-9-13-11(6-7-17-9)12-8-18-15(16)19-14(12)20(13)10-4-2-3-5-10;1-11(16)15-6-4-14(5-7-15)9-2-3-10(12)13-8-9/h9-12,17-18,20H,5-8,13-16H2,1-4H3,(H,31,32,33,34);6-8,10H,2-5H2,1H3,(H2,16,18,19);2-3,8,16H,4-7H2,1H3. The van der Waals surface area contributed by atoms with E-state index in [1.54, 1.807) is 24.0 Å². The number of nitrogens with zero attached hydrogens (tertiary/aromatic N) is 14. The third-order valence-corrected chi connectivity index (χ3v) is 15.1. The van der Waals surface area contributed by atoms with E-state index in [1.807, 2.05) is 70.0 Å². The normalized spacial score (nSPS) is 16.9. The highest BCUT2D eigenvalue weighted by Crippen LogP contribution is 2.40. The largest absolute Gasteiger partial charge is 0.444 e. The minimum absolute atomic E-state index is 0.254. The first kappa shape index (κ1) is 51.6. The highest BCUT2D eigenvalue weighted by atomic mass is 35.5. The molecule has 2 aliphatic carbocycles. The molecule has 75 heavy (non-hydrogen) atoms. The van der Waals surface area contributed by atoms with Crippen molar-refractivity contribution in [2.75, 3.05) is 73.2 Å². The van der Waals surface area contributed by atoms with Crippen LogP contribution in [0.3, 0.4) is 0 Å². The highest BCUT2D eigenvalue weighted by molar-refractivity contribution is 6.45. The van der Waals surface area contributed by atoms with E-state index in [0.29, 0.717) is 48.0 Å². The molecule has 10 heterocycles. The first-order valence-corrected chi connectivity index (χ1v) is 26.8. The second-order valence-corrected chi connectivity index (χ2v) is 21.5. The van der Waals surface area contributed by atoms with Crippen molar-refractivity contribution in [3.05, 3.63) is 90.1 Å². The molecular formula is C54H68BClN16O3. The summed E-state index contributed by atoms with van der Waals surface area (Å²) in [5.74, 6) is 1.55. The number of rotatable bonds is 7. The fourth-order valence-electron chi connectivity index (χ4n) is 11.1. The van der Waals surface area contributed by atoms with Crippen molar-refractivity contribution in [1.82, 2.24) is 58.7 Å². The molecule has 1 amide bonds. The molecule has 0 unspecified atom stereocenters. The Balaban J connectivity index is 0.000000147. The molecule has 2 aliphatic heterocycles. The SMILES string of the molecule is CB(O)N1CCN(c2ccc(Cl)nc2)CC1.Cc1nccc2c3cnc(N)nc3n(C3CCCC3)c12.Cc1nccc2c3cnc(Nc4ccc(N5CCN(C(=O)OC(C)(C)C)CC5)cn4)nc3n(C3CCCC3)c12. The summed E-state index contributed by atoms with van der Waals surface area (Å²) in [5, 5.41) is 17.7. The zero-order valence-electron chi connectivity index (χ0n) is 44.0. The fourth-order valence-corrected chi connectivity index (χ4v) is 11.2. The summed E-state index contributed by atoms with van der Waals surface area (Å²) >= 11 is 5.74. The summed E-state index contributed by atoms with van der Waals surface area (Å²) in [6.45, 7) is 17.9. The number of carbonyl (C=O) groups excluding carboxylic acids is 1. The molecule has 12 rings (SSSR count). The zero-order valence-corrected chi connectivity index (χ0v) is 44.7. The van der Waals surface area contributed by atoms with E-state index in [-0.39, 0.29) is 13.1 Å². The van der Waals surface area contributed by atoms with Crippen LogP contribution in [0.1, 0.15) is 95.6 Å². The zero-order chi connectivity index (χ0) is 52.4. The molecule has 8 aromatic heterocycles. The summed E-state index contributed by atoms with van der Waals surface area (Å²) in [6, 6.07) is 12.8. The Bertz CT molecular complexity index is 3260. The van der Waals surface area contributed by atoms with Crippen LogP contribution in [-0.2, 0) is 4.74 Å². The summed E-state index contributed by atoms with van der Waals surface area (Å²) in [5.41, 5.74) is 13.8. The second kappa shape index (κ2) is 22.1. The third-order valence-electron chi connectivity index (χ3n) is 14.9. The van der Waals surface area contributed by atoms with E-state index in [0.717, 1.165) is 102 Å². The topological polar surface area (TPSA) is 211 Å². The Morgan fingerprint density at radius 3 is 1.69 bits per heavy atom. The van der Waals surface area contributed by atoms with Gasteiger partial charge in [-0.15, -0.1) is 0 Å². The maximum Gasteiger partial charge on any atom is 0.410 e. The van der Waals surface area contributed by atoms with Crippen LogP contribution < -0.4 is 20.9 Å². The predicted octanol–water partition coefficient (Wildman–Crippen LogP) is 9.55. The monoisotopic (exact) mass is 1030 g/mol. The lowest BCUT2D eigenvalue weighted by Gasteiger charge is -2.36. The van der Waals surface area contributed by atoms with Gasteiger partial charge in [0.25, 0.3) is 0 Å². The quantitative estimate of drug-likeness (QED) is 0.100. The molecule has 392 valence electrons. The van der Waals surface area contributed by atoms with Gasteiger partial charge in [-0.3, -0.25) is 9.97 Å². The van der Waals surface area contributed by atoms with E-state index >= 15 is 0 Å². The van der Waals surface area contributed by atoms with Gasteiger partial charge < -0.3 is 49.5 Å². The van der Waals surface area contributed by atoms with Crippen LogP contribution in [0.2, 0.25) is 12.0 Å². The predicted molar refractivity (Wildman–Crippen MR) is 299 cm³/mol. The number of carbonyl (C=O) groups is 1. The first-order valence-electron chi connectivity index (χ1n) is 26.4. The average Bonchev–Trinajstić information content (AvgIpc) is 4.26. The number of fused-ring (bicyclic) bond motifs is 6. The van der Waals surface area contributed by atoms with Gasteiger partial charge in [-0.1, -0.05) is 37.3 Å². The molecule has 19 nitrogen and oxygen atoms in total. The van der Waals surface area contributed by atoms with Gasteiger partial charge in [0.15, 0.2) is 0 Å². The maximum atomic E-state index is 12.4. The number of ether oxygens (including phenoxy) is 1. The average molecular weight is 1040 g/mol. The van der Waals surface area contributed by atoms with Gasteiger partial charge in [0.05, 0.1) is 46.2 Å². The second-order valence-electron chi connectivity index (χ2n) is 21.1. The molecule has 8 aromatic rings. The number of aromatic nitrogens is 10. The lowest BCUT2D eigenvalue weighted by Crippen LogP contribution is -2.51. The van der Waals surface area contributed by atoms with E-state index in [4.69, 9.17) is 27.1 Å². The number of nitrogens with two attached hydrogens (primary N) is 1. The van der Waals surface area contributed by atoms with Crippen LogP contribution in [0.15, 0.2) is 73.6 Å². The lowest BCUT2D eigenvalue weighted by molar-refractivity contribution is 0.0240. The van der Waals surface area contributed by atoms with Crippen LogP contribution in [0, 0.1) is 13.8 Å². The molecule has 0 atom stereocenters. The fraction of sp³-hybridized carbons (Fsp3) is 0.463. The van der Waals surface area contributed by atoms with Crippen molar-refractivity contribution in [3.8, 4) is 0 Å². The van der Waals surface area contributed by atoms with Crippen molar-refractivity contribution in [2.24, 2.45) is 0 Å². The number of aryl methyl sites for hydroxylation is 2. The number of nitrogen functional groups attached to an aromatic ring is 1. The molecule has 4 aliphatic rings. The number of nitrogens with one attached hydrogen (secondary N) is 1. The summed E-state index contributed by atoms with van der Waals surface area (Å²) in [6.07, 6.45) is 20.7. The van der Waals surface area contributed by atoms with Crippen molar-refractivity contribution >= 4 is 97.7 Å². The summed E-state index contributed by atoms with van der Waals surface area (Å²) in [7, 11) is -0.356. The van der Waals surface area contributed by atoms with Gasteiger partial charge in [-0.25, -0.2) is 24.7 Å². The van der Waals surface area contributed by atoms with Gasteiger partial charge in [0, 0.05) is 111 Å². The highest BCUT2D eigenvalue weighted by Gasteiger charge is 2.29. The molecule has 0 bridgehead atoms. The third kappa shape index (κ3) is 11.4. The van der Waals surface area contributed by atoms with Gasteiger partial charge in [0.2, 0.25) is 11.9 Å². The number of amides is 1. The number of piperazine rings is 2. The Labute approximate surface area is 443 Å². The van der Waals surface area contributed by atoms with E-state index in [2.05, 4.69) is 89.9 Å². The van der Waals surface area contributed by atoms with Gasteiger partial charge >= 0.3 is 13.1 Å². The molecular weight excluding hydrogens is 967 g/mol. The Kier molecular flexibility index (Phi) is 15.2. The molecule has 4 fully saturated rings. The van der Waals surface area contributed by atoms with Crippen molar-refractivity contribution < 1.29 is 14.6 Å². The lowest BCUT2D eigenvalue weighted by atomic mass is 9.84. The van der Waals surface area contributed by atoms with Gasteiger partial charge in [-0.05, 0) is 104 Å². The Hall–Kier alpha value is -6.90. The minimum atomic E-state index is -0.488. The van der Waals surface area contributed by atoms with Crippen molar-refractivity contribution in [1.29, 1.82) is 0 Å². The first-order chi connectivity index (χ1) is 36.2. The van der Waals surface area contributed by atoms with Crippen LogP contribution >= 0.6 is 11.6 Å². The van der Waals surface area contributed by atoms with Gasteiger partial charge in [0.1, 0.15) is 27.9 Å². The number of anilines is 5. The van der Waals surface area contributed by atoms with E-state index < -0.39 is 5.60 Å². The minimum Gasteiger partial charge on any atom is -0.444 e. The number of hydrogen-bond donors (Lipinski definition) is 3. The Morgan fingerprint density at radius 1 is 0.667 bits per heavy atom. The number of halogens is 1. The van der Waals surface area contributed by atoms with Crippen LogP contribution in [0.5, 0.6) is 0 Å². The molecule has 2 saturated carbocycles. The van der Waals surface area contributed by atoms with Crippen LogP contribution in [0.25, 0.3) is 43.9 Å². The Morgan fingerprint density at radius 2 is 1.19 bits per heavy atom. The number of hydrogen-bond acceptors (Lipinski definition) is 16. The summed E-state index contributed by atoms with van der Waals surface area (Å²) in [4.78, 5) is 56.7. The molecule has 2 saturated heterocycles. The molecule has 0 spiro atoms. The van der Waals surface area contributed by atoms with Crippen molar-refractivity contribution in [3.63, 3.8) is 0 Å². The molecule has 4 N–H and O–H groups in total. The van der Waals surface area contributed by atoms with E-state index in [1.165, 1.54) is 54.9 Å². The molecule has 21 heteroatoms.